The fourth-order valence-electron chi connectivity index (χ4n) is 2.60. The lowest BCUT2D eigenvalue weighted by Crippen LogP contribution is -2.31. The number of carbonyl (C=O) groups is 1. The van der Waals surface area contributed by atoms with Gasteiger partial charge in [-0.1, -0.05) is 0 Å². The second kappa shape index (κ2) is 5.02. The first-order chi connectivity index (χ1) is 9.95. The smallest absolute Gasteiger partial charge is 0.377 e. The van der Waals surface area contributed by atoms with Crippen molar-refractivity contribution in [2.24, 2.45) is 0 Å². The molecule has 0 radical (unpaired) electrons. The summed E-state index contributed by atoms with van der Waals surface area (Å²) in [5.41, 5.74) is 0. The van der Waals surface area contributed by atoms with E-state index in [0.29, 0.717) is 0 Å². The number of aliphatic hydroxyl groups excluding tert-OH is 1. The van der Waals surface area contributed by atoms with Gasteiger partial charge in [-0.3, -0.25) is 0 Å². The third-order valence-corrected chi connectivity index (χ3v) is 3.44. The Labute approximate surface area is 120 Å². The molecule has 0 bridgehead atoms. The van der Waals surface area contributed by atoms with Gasteiger partial charge in [0.05, 0.1) is 13.7 Å². The quantitative estimate of drug-likeness (QED) is 0.743. The highest BCUT2D eigenvalue weighted by Crippen LogP contribution is 2.42. The van der Waals surface area contributed by atoms with Crippen molar-refractivity contribution in [1.29, 1.82) is 0 Å². The van der Waals surface area contributed by atoms with Gasteiger partial charge in [-0.25, -0.2) is 14.5 Å². The second-order valence-electron chi connectivity index (χ2n) is 5.35. The molecule has 2 aliphatic heterocycles. The minimum Gasteiger partial charge on any atom is -0.463 e. The number of aliphatic hydroxyl groups is 1. The third kappa shape index (κ3) is 2.42. The highest BCUT2D eigenvalue weighted by atomic mass is 16.8. The summed E-state index contributed by atoms with van der Waals surface area (Å²) in [5, 5.41) is 13.4. The number of aromatic nitrogens is 3. The van der Waals surface area contributed by atoms with Gasteiger partial charge in [0.1, 0.15) is 24.6 Å². The van der Waals surface area contributed by atoms with Crippen molar-refractivity contribution in [1.82, 2.24) is 14.8 Å². The van der Waals surface area contributed by atoms with Gasteiger partial charge in [0.2, 0.25) is 0 Å². The largest absolute Gasteiger partial charge is 0.463 e. The van der Waals surface area contributed by atoms with E-state index in [2.05, 4.69) is 14.8 Å². The molecule has 0 amide bonds. The van der Waals surface area contributed by atoms with Crippen LogP contribution >= 0.6 is 0 Å². The molecular weight excluding hydrogens is 282 g/mol. The molecule has 1 aromatic rings. The number of hydrogen-bond acceptors (Lipinski definition) is 8. The van der Waals surface area contributed by atoms with Crippen LogP contribution in [-0.4, -0.2) is 63.7 Å². The first kappa shape index (κ1) is 14.4. The molecule has 9 heteroatoms. The molecule has 1 aromatic heterocycles. The Morgan fingerprint density at radius 2 is 2.19 bits per heavy atom. The Morgan fingerprint density at radius 1 is 1.48 bits per heavy atom. The maximum absolute atomic E-state index is 11.4. The van der Waals surface area contributed by atoms with Crippen molar-refractivity contribution >= 4 is 5.97 Å². The highest BCUT2D eigenvalue weighted by Gasteiger charge is 2.56. The Balaban J connectivity index is 1.85. The lowest BCUT2D eigenvalue weighted by atomic mass is 10.1. The zero-order chi connectivity index (χ0) is 15.2. The Hall–Kier alpha value is -1.55. The van der Waals surface area contributed by atoms with Crippen LogP contribution in [0.2, 0.25) is 0 Å². The minimum atomic E-state index is -0.767. The molecule has 0 saturated carbocycles. The van der Waals surface area contributed by atoms with E-state index in [1.165, 1.54) is 18.1 Å². The Kier molecular flexibility index (Phi) is 3.44. The molecular formula is C12H17N3O6. The molecule has 4 atom stereocenters. The number of fused-ring (bicyclic) bond motifs is 1. The molecule has 116 valence electrons. The molecule has 2 aliphatic rings. The summed E-state index contributed by atoms with van der Waals surface area (Å²) in [6, 6.07) is 0. The van der Waals surface area contributed by atoms with E-state index in [-0.39, 0.29) is 12.4 Å². The fraction of sp³-hybridized carbons (Fsp3) is 0.750. The van der Waals surface area contributed by atoms with E-state index in [0.717, 1.165) is 0 Å². The van der Waals surface area contributed by atoms with Gasteiger partial charge in [-0.15, -0.1) is 5.10 Å². The summed E-state index contributed by atoms with van der Waals surface area (Å²) in [6.07, 6.45) is -0.625. The van der Waals surface area contributed by atoms with Gasteiger partial charge in [0.15, 0.2) is 12.0 Å². The predicted molar refractivity (Wildman–Crippen MR) is 66.2 cm³/mol. The van der Waals surface area contributed by atoms with Crippen LogP contribution in [0.4, 0.5) is 0 Å². The van der Waals surface area contributed by atoms with Gasteiger partial charge in [0, 0.05) is 0 Å². The molecule has 21 heavy (non-hydrogen) atoms. The molecule has 0 aromatic carbocycles. The standard InChI is InChI=1S/C12H17N3O6/c1-12(2)20-7-6(4-16)19-10(8(7)21-12)15-5-13-9(14-15)11(17)18-3/h5-8,10,16H,4H2,1-3H3/t6-,7+,8?,10-/m1/s1. The maximum Gasteiger partial charge on any atom is 0.377 e. The van der Waals surface area contributed by atoms with Crippen LogP contribution in [0.3, 0.4) is 0 Å². The van der Waals surface area contributed by atoms with E-state index in [1.807, 2.05) is 0 Å². The Morgan fingerprint density at radius 3 is 2.86 bits per heavy atom. The lowest BCUT2D eigenvalue weighted by Gasteiger charge is -2.23. The second-order valence-corrected chi connectivity index (χ2v) is 5.35. The number of nitrogens with zero attached hydrogens (tertiary/aromatic N) is 3. The number of carbonyl (C=O) groups excluding carboxylic acids is 1. The first-order valence-electron chi connectivity index (χ1n) is 6.56. The zero-order valence-electron chi connectivity index (χ0n) is 11.9. The van der Waals surface area contributed by atoms with Crippen LogP contribution in [0.15, 0.2) is 6.33 Å². The van der Waals surface area contributed by atoms with Crippen molar-refractivity contribution in [3.8, 4) is 0 Å². The average Bonchev–Trinajstić information content (AvgIpc) is 3.10. The van der Waals surface area contributed by atoms with Gasteiger partial charge in [0.25, 0.3) is 5.82 Å². The van der Waals surface area contributed by atoms with Gasteiger partial charge in [-0.05, 0) is 13.8 Å². The number of rotatable bonds is 3. The van der Waals surface area contributed by atoms with Gasteiger partial charge >= 0.3 is 5.97 Å². The summed E-state index contributed by atoms with van der Waals surface area (Å²) >= 11 is 0. The molecule has 0 spiro atoms. The molecule has 0 aliphatic carbocycles. The van der Waals surface area contributed by atoms with Crippen LogP contribution < -0.4 is 0 Å². The zero-order valence-corrected chi connectivity index (χ0v) is 11.9. The van der Waals surface area contributed by atoms with Crippen molar-refractivity contribution < 1.29 is 28.8 Å². The molecule has 2 saturated heterocycles. The summed E-state index contributed by atoms with van der Waals surface area (Å²) in [4.78, 5) is 15.3. The number of esters is 1. The lowest BCUT2D eigenvalue weighted by molar-refractivity contribution is -0.201. The van der Waals surface area contributed by atoms with Crippen LogP contribution in [-0.2, 0) is 18.9 Å². The molecule has 1 unspecified atom stereocenters. The average molecular weight is 299 g/mol. The fourth-order valence-corrected chi connectivity index (χ4v) is 2.60. The normalized spacial score (nSPS) is 33.9. The molecule has 9 nitrogen and oxygen atoms in total. The van der Waals surface area contributed by atoms with E-state index >= 15 is 0 Å². The summed E-state index contributed by atoms with van der Waals surface area (Å²) < 4.78 is 23.2. The van der Waals surface area contributed by atoms with Crippen molar-refractivity contribution in [2.75, 3.05) is 13.7 Å². The van der Waals surface area contributed by atoms with Crippen LogP contribution in [0.5, 0.6) is 0 Å². The molecule has 2 fully saturated rings. The Bertz CT molecular complexity index is 545. The maximum atomic E-state index is 11.4. The number of methoxy groups -OCH3 is 1. The number of hydrogen-bond donors (Lipinski definition) is 1. The summed E-state index contributed by atoms with van der Waals surface area (Å²) in [5.74, 6) is -1.47. The van der Waals surface area contributed by atoms with E-state index in [1.54, 1.807) is 13.8 Å². The van der Waals surface area contributed by atoms with E-state index < -0.39 is 36.3 Å². The minimum absolute atomic E-state index is 0.0664. The van der Waals surface area contributed by atoms with Crippen LogP contribution in [0.25, 0.3) is 0 Å². The van der Waals surface area contributed by atoms with Crippen molar-refractivity contribution in [2.45, 2.75) is 44.2 Å². The van der Waals surface area contributed by atoms with Crippen molar-refractivity contribution in [3.05, 3.63) is 12.2 Å². The molecule has 3 heterocycles. The van der Waals surface area contributed by atoms with Crippen LogP contribution in [0.1, 0.15) is 30.7 Å². The van der Waals surface area contributed by atoms with Crippen molar-refractivity contribution in [3.63, 3.8) is 0 Å². The highest BCUT2D eigenvalue weighted by molar-refractivity contribution is 5.84. The van der Waals surface area contributed by atoms with E-state index in [9.17, 15) is 9.90 Å². The molecule has 1 N–H and O–H groups in total. The monoisotopic (exact) mass is 299 g/mol. The van der Waals surface area contributed by atoms with Gasteiger partial charge < -0.3 is 24.1 Å². The topological polar surface area (TPSA) is 105 Å². The third-order valence-electron chi connectivity index (χ3n) is 3.44. The number of ether oxygens (including phenoxy) is 4. The molecule has 3 rings (SSSR count). The van der Waals surface area contributed by atoms with Gasteiger partial charge in [-0.2, -0.15) is 0 Å². The summed E-state index contributed by atoms with van der Waals surface area (Å²) in [6.45, 7) is 3.38. The summed E-state index contributed by atoms with van der Waals surface area (Å²) in [7, 11) is 1.25. The van der Waals surface area contributed by atoms with E-state index in [4.69, 9.17) is 14.2 Å². The SMILES string of the molecule is COC(=O)c1ncn([C@@H]2O[C@H](CO)[C@@H]3OC(C)(C)OC32)n1. The predicted octanol–water partition coefficient (Wildman–Crippen LogP) is -0.526. The van der Waals surface area contributed by atoms with Crippen LogP contribution in [0, 0.1) is 0 Å². The first-order valence-corrected chi connectivity index (χ1v) is 6.56.